The molecule has 1 heterocycles. The van der Waals surface area contributed by atoms with Crippen molar-refractivity contribution in [1.82, 2.24) is 9.80 Å². The molecule has 0 aromatic rings. The zero-order valence-corrected chi connectivity index (χ0v) is 12.2. The normalized spacial score (nSPS) is 25.1. The van der Waals surface area contributed by atoms with Crippen LogP contribution >= 0.6 is 0 Å². The third-order valence-corrected chi connectivity index (χ3v) is 3.28. The minimum atomic E-state index is -0.274. The van der Waals surface area contributed by atoms with Gasteiger partial charge in [0.1, 0.15) is 6.04 Å². The highest BCUT2D eigenvalue weighted by Crippen LogP contribution is 2.26. The van der Waals surface area contributed by atoms with E-state index in [-0.39, 0.29) is 23.8 Å². The lowest BCUT2D eigenvalue weighted by atomic mass is 9.92. The second-order valence-electron chi connectivity index (χ2n) is 6.56. The first kappa shape index (κ1) is 15.0. The van der Waals surface area contributed by atoms with Crippen molar-refractivity contribution in [2.45, 2.75) is 40.2 Å². The maximum absolute atomic E-state index is 12.3. The summed E-state index contributed by atoms with van der Waals surface area (Å²) in [6.07, 6.45) is 0.284. The average molecular weight is 251 g/mol. The van der Waals surface area contributed by atoms with Crippen LogP contribution in [0.1, 0.15) is 34.1 Å². The zero-order chi connectivity index (χ0) is 13.9. The molecule has 1 aliphatic rings. The van der Waals surface area contributed by atoms with Gasteiger partial charge in [0.05, 0.1) is 12.5 Å². The fourth-order valence-electron chi connectivity index (χ4n) is 2.80. The van der Waals surface area contributed by atoms with Crippen LogP contribution in [-0.4, -0.2) is 48.4 Å². The molecule has 0 aliphatic carbocycles. The van der Waals surface area contributed by atoms with E-state index in [2.05, 4.69) is 38.7 Å². The Morgan fingerprint density at radius 3 is 2.56 bits per heavy atom. The van der Waals surface area contributed by atoms with Gasteiger partial charge in [0.15, 0.2) is 0 Å². The number of carbonyl (C=O) groups excluding carboxylic acids is 1. The van der Waals surface area contributed by atoms with Crippen LogP contribution < -0.4 is 0 Å². The third-order valence-electron chi connectivity index (χ3n) is 3.28. The minimum Gasteiger partial charge on any atom is -0.344 e. The molecule has 0 spiro atoms. The second-order valence-corrected chi connectivity index (χ2v) is 6.56. The Hall–Kier alpha value is -1.08. The molecule has 1 saturated heterocycles. The lowest BCUT2D eigenvalue weighted by molar-refractivity contribution is -0.134. The standard InChI is InChI=1S/C14H25N3O/c1-11(2)8-17-10-14(3,4)9-16(5)13(18)12(17)6-7-15/h11-12H,6,8-10H2,1-5H3. The quantitative estimate of drug-likeness (QED) is 0.767. The minimum absolute atomic E-state index is 0.0729. The molecule has 1 unspecified atom stereocenters. The van der Waals surface area contributed by atoms with Crippen LogP contribution in [0, 0.1) is 22.7 Å². The molecule has 0 aromatic carbocycles. The third kappa shape index (κ3) is 3.71. The van der Waals surface area contributed by atoms with Crippen molar-refractivity contribution in [3.8, 4) is 6.07 Å². The predicted octanol–water partition coefficient (Wildman–Crippen LogP) is 1.72. The summed E-state index contributed by atoms with van der Waals surface area (Å²) in [6, 6.07) is 1.88. The molecule has 1 fully saturated rings. The monoisotopic (exact) mass is 251 g/mol. The Bertz CT molecular complexity index is 343. The van der Waals surface area contributed by atoms with Crippen molar-refractivity contribution in [3.63, 3.8) is 0 Å². The van der Waals surface area contributed by atoms with Gasteiger partial charge in [-0.2, -0.15) is 5.26 Å². The maximum Gasteiger partial charge on any atom is 0.240 e. The van der Waals surface area contributed by atoms with E-state index >= 15 is 0 Å². The smallest absolute Gasteiger partial charge is 0.240 e. The van der Waals surface area contributed by atoms with Gasteiger partial charge in [0, 0.05) is 26.7 Å². The van der Waals surface area contributed by atoms with Gasteiger partial charge in [0.25, 0.3) is 0 Å². The van der Waals surface area contributed by atoms with Crippen LogP contribution in [0.15, 0.2) is 0 Å². The van der Waals surface area contributed by atoms with E-state index in [1.807, 2.05) is 7.05 Å². The molecule has 1 amide bonds. The van der Waals surface area contributed by atoms with Gasteiger partial charge in [0.2, 0.25) is 5.91 Å². The van der Waals surface area contributed by atoms with Crippen molar-refractivity contribution >= 4 is 5.91 Å². The topological polar surface area (TPSA) is 47.3 Å². The van der Waals surface area contributed by atoms with Crippen molar-refractivity contribution in [2.75, 3.05) is 26.7 Å². The van der Waals surface area contributed by atoms with Gasteiger partial charge < -0.3 is 4.90 Å². The van der Waals surface area contributed by atoms with Crippen LogP contribution in [0.3, 0.4) is 0 Å². The molecule has 1 atom stereocenters. The van der Waals surface area contributed by atoms with Crippen LogP contribution in [-0.2, 0) is 4.79 Å². The maximum atomic E-state index is 12.3. The molecule has 4 heteroatoms. The largest absolute Gasteiger partial charge is 0.344 e. The van der Waals surface area contributed by atoms with Crippen LogP contribution in [0.4, 0.5) is 0 Å². The molecule has 102 valence electrons. The number of likely N-dealkylation sites (N-methyl/N-ethyl adjacent to an activating group) is 1. The Kier molecular flexibility index (Phi) is 4.75. The highest BCUT2D eigenvalue weighted by molar-refractivity contribution is 5.82. The average Bonchev–Trinajstić information content (AvgIpc) is 2.28. The van der Waals surface area contributed by atoms with E-state index < -0.39 is 0 Å². The predicted molar refractivity (Wildman–Crippen MR) is 71.8 cm³/mol. The first-order chi connectivity index (χ1) is 8.26. The molecule has 1 aliphatic heterocycles. The zero-order valence-electron chi connectivity index (χ0n) is 12.2. The SMILES string of the molecule is CC(C)CN1CC(C)(C)CN(C)C(=O)C1CC#N. The summed E-state index contributed by atoms with van der Waals surface area (Å²) in [4.78, 5) is 16.3. The van der Waals surface area contributed by atoms with Gasteiger partial charge in [-0.1, -0.05) is 27.7 Å². The summed E-state index contributed by atoms with van der Waals surface area (Å²) >= 11 is 0. The van der Waals surface area contributed by atoms with Crippen molar-refractivity contribution in [1.29, 1.82) is 5.26 Å². The fraction of sp³-hybridized carbons (Fsp3) is 0.857. The Balaban J connectivity index is 2.99. The van der Waals surface area contributed by atoms with Gasteiger partial charge in [-0.05, 0) is 11.3 Å². The molecule has 1 rings (SSSR count). The fourth-order valence-corrected chi connectivity index (χ4v) is 2.80. The number of amides is 1. The summed E-state index contributed by atoms with van der Waals surface area (Å²) in [5.41, 5.74) is 0.0729. The summed E-state index contributed by atoms with van der Waals surface area (Å²) in [7, 11) is 1.84. The first-order valence-corrected chi connectivity index (χ1v) is 6.63. The van der Waals surface area contributed by atoms with E-state index in [0.29, 0.717) is 5.92 Å². The second kappa shape index (κ2) is 5.71. The lowest BCUT2D eigenvalue weighted by Crippen LogP contribution is -2.46. The van der Waals surface area contributed by atoms with E-state index in [9.17, 15) is 4.79 Å². The molecule has 0 radical (unpaired) electrons. The van der Waals surface area contributed by atoms with Crippen LogP contribution in [0.2, 0.25) is 0 Å². The number of rotatable bonds is 3. The lowest BCUT2D eigenvalue weighted by Gasteiger charge is -2.33. The molecule has 0 saturated carbocycles. The molecule has 0 N–H and O–H groups in total. The number of carbonyl (C=O) groups is 1. The number of nitrogens with zero attached hydrogens (tertiary/aromatic N) is 3. The van der Waals surface area contributed by atoms with Gasteiger partial charge in [-0.15, -0.1) is 0 Å². The number of hydrogen-bond acceptors (Lipinski definition) is 3. The molecule has 4 nitrogen and oxygen atoms in total. The Morgan fingerprint density at radius 2 is 2.06 bits per heavy atom. The molecule has 0 bridgehead atoms. The van der Waals surface area contributed by atoms with E-state index in [1.165, 1.54) is 0 Å². The van der Waals surface area contributed by atoms with E-state index in [0.717, 1.165) is 19.6 Å². The first-order valence-electron chi connectivity index (χ1n) is 6.63. The van der Waals surface area contributed by atoms with Crippen molar-refractivity contribution in [2.24, 2.45) is 11.3 Å². The van der Waals surface area contributed by atoms with Gasteiger partial charge in [-0.25, -0.2) is 0 Å². The summed E-state index contributed by atoms with van der Waals surface area (Å²) in [6.45, 7) is 11.1. The molecular weight excluding hydrogens is 226 g/mol. The highest BCUT2D eigenvalue weighted by atomic mass is 16.2. The number of hydrogen-bond donors (Lipinski definition) is 0. The van der Waals surface area contributed by atoms with Crippen molar-refractivity contribution in [3.05, 3.63) is 0 Å². The Morgan fingerprint density at radius 1 is 1.44 bits per heavy atom. The molecule has 0 aromatic heterocycles. The highest BCUT2D eigenvalue weighted by Gasteiger charge is 2.37. The van der Waals surface area contributed by atoms with Gasteiger partial charge in [-0.3, -0.25) is 9.69 Å². The summed E-state index contributed by atoms with van der Waals surface area (Å²) in [5, 5.41) is 8.95. The number of nitriles is 1. The van der Waals surface area contributed by atoms with Crippen LogP contribution in [0.25, 0.3) is 0 Å². The summed E-state index contributed by atoms with van der Waals surface area (Å²) in [5.74, 6) is 0.584. The van der Waals surface area contributed by atoms with E-state index in [4.69, 9.17) is 5.26 Å². The Labute approximate surface area is 111 Å². The van der Waals surface area contributed by atoms with E-state index in [1.54, 1.807) is 4.90 Å². The molecule has 18 heavy (non-hydrogen) atoms. The van der Waals surface area contributed by atoms with Crippen molar-refractivity contribution < 1.29 is 4.79 Å². The summed E-state index contributed by atoms with van der Waals surface area (Å²) < 4.78 is 0. The van der Waals surface area contributed by atoms with Crippen LogP contribution in [0.5, 0.6) is 0 Å². The molecular formula is C14H25N3O. The van der Waals surface area contributed by atoms with Gasteiger partial charge >= 0.3 is 0 Å².